The summed E-state index contributed by atoms with van der Waals surface area (Å²) in [7, 11) is 0. The van der Waals surface area contributed by atoms with Gasteiger partial charge < -0.3 is 11.1 Å². The van der Waals surface area contributed by atoms with Crippen LogP contribution in [0.25, 0.3) is 5.69 Å². The minimum absolute atomic E-state index is 0. The standard InChI is InChI=1S/C17H23BrN4O.ClH/c1-12(2)8-17(3,11-19)21-16(23)13-9-20-22(10-13)15-6-4-14(18)5-7-15;/h4-7,9-10,12H,8,11,19H2,1-3H3,(H,21,23);1H. The van der Waals surface area contributed by atoms with E-state index in [1.54, 1.807) is 17.1 Å². The summed E-state index contributed by atoms with van der Waals surface area (Å²) in [5.41, 5.74) is 6.86. The summed E-state index contributed by atoms with van der Waals surface area (Å²) in [4.78, 5) is 12.5. The van der Waals surface area contributed by atoms with E-state index < -0.39 is 5.54 Å². The third-order valence-corrected chi connectivity index (χ3v) is 4.19. The average molecular weight is 416 g/mol. The van der Waals surface area contributed by atoms with Gasteiger partial charge in [-0.15, -0.1) is 12.4 Å². The van der Waals surface area contributed by atoms with Crippen LogP contribution < -0.4 is 11.1 Å². The van der Waals surface area contributed by atoms with Crippen LogP contribution in [0, 0.1) is 5.92 Å². The highest BCUT2D eigenvalue weighted by Gasteiger charge is 2.26. The lowest BCUT2D eigenvalue weighted by Crippen LogP contribution is -2.52. The van der Waals surface area contributed by atoms with Crippen LogP contribution in [0.3, 0.4) is 0 Å². The first kappa shape index (κ1) is 20.7. The third-order valence-electron chi connectivity index (χ3n) is 3.66. The van der Waals surface area contributed by atoms with Gasteiger partial charge in [-0.1, -0.05) is 29.8 Å². The van der Waals surface area contributed by atoms with E-state index in [0.29, 0.717) is 18.0 Å². The van der Waals surface area contributed by atoms with E-state index in [9.17, 15) is 4.79 Å². The summed E-state index contributed by atoms with van der Waals surface area (Å²) in [5, 5.41) is 7.30. The zero-order valence-corrected chi connectivity index (χ0v) is 16.5. The third kappa shape index (κ3) is 5.33. The molecule has 3 N–H and O–H groups in total. The molecule has 1 unspecified atom stereocenters. The maximum Gasteiger partial charge on any atom is 0.254 e. The molecule has 1 aromatic heterocycles. The van der Waals surface area contributed by atoms with E-state index >= 15 is 0 Å². The summed E-state index contributed by atoms with van der Waals surface area (Å²) in [5.74, 6) is 0.302. The minimum atomic E-state index is -0.412. The first-order valence-electron chi connectivity index (χ1n) is 7.66. The summed E-state index contributed by atoms with van der Waals surface area (Å²) >= 11 is 3.40. The van der Waals surface area contributed by atoms with Crippen molar-refractivity contribution in [2.45, 2.75) is 32.7 Å². The molecule has 0 saturated carbocycles. The Balaban J connectivity index is 0.00000288. The minimum Gasteiger partial charge on any atom is -0.346 e. The zero-order chi connectivity index (χ0) is 17.0. The van der Waals surface area contributed by atoms with Gasteiger partial charge in [0.2, 0.25) is 0 Å². The summed E-state index contributed by atoms with van der Waals surface area (Å²) in [6, 6.07) is 7.73. The Bertz CT molecular complexity index is 671. The molecule has 2 rings (SSSR count). The predicted molar refractivity (Wildman–Crippen MR) is 103 cm³/mol. The molecule has 0 aliphatic carbocycles. The van der Waals surface area contributed by atoms with Crippen LogP contribution in [-0.2, 0) is 0 Å². The summed E-state index contributed by atoms with van der Waals surface area (Å²) < 4.78 is 2.68. The zero-order valence-electron chi connectivity index (χ0n) is 14.1. The van der Waals surface area contributed by atoms with Crippen LogP contribution in [-0.4, -0.2) is 27.8 Å². The van der Waals surface area contributed by atoms with Gasteiger partial charge in [0.15, 0.2) is 0 Å². The number of hydrogen-bond donors (Lipinski definition) is 2. The maximum absolute atomic E-state index is 12.5. The highest BCUT2D eigenvalue weighted by atomic mass is 79.9. The number of carbonyl (C=O) groups is 1. The number of nitrogens with zero attached hydrogens (tertiary/aromatic N) is 2. The quantitative estimate of drug-likeness (QED) is 0.758. The van der Waals surface area contributed by atoms with Crippen LogP contribution in [0.4, 0.5) is 0 Å². The fraction of sp³-hybridized carbons (Fsp3) is 0.412. The number of nitrogens with two attached hydrogens (primary N) is 1. The molecule has 0 spiro atoms. The fourth-order valence-electron chi connectivity index (χ4n) is 2.61. The highest BCUT2D eigenvalue weighted by Crippen LogP contribution is 2.17. The van der Waals surface area contributed by atoms with E-state index in [1.807, 2.05) is 31.2 Å². The van der Waals surface area contributed by atoms with E-state index in [4.69, 9.17) is 5.73 Å². The monoisotopic (exact) mass is 414 g/mol. The lowest BCUT2D eigenvalue weighted by Gasteiger charge is -2.31. The number of benzene rings is 1. The van der Waals surface area contributed by atoms with Crippen molar-refractivity contribution in [2.24, 2.45) is 11.7 Å². The van der Waals surface area contributed by atoms with Crippen molar-refractivity contribution < 1.29 is 4.79 Å². The van der Waals surface area contributed by atoms with E-state index in [2.05, 4.69) is 40.2 Å². The predicted octanol–water partition coefficient (Wildman–Crippen LogP) is 3.55. The number of nitrogens with one attached hydrogen (secondary N) is 1. The van der Waals surface area contributed by atoms with Crippen molar-refractivity contribution in [2.75, 3.05) is 6.54 Å². The van der Waals surface area contributed by atoms with Crippen molar-refractivity contribution in [3.8, 4) is 5.69 Å². The Morgan fingerprint density at radius 2 is 2.00 bits per heavy atom. The molecule has 1 heterocycles. The normalized spacial score (nSPS) is 13.2. The number of aromatic nitrogens is 2. The Kier molecular flexibility index (Phi) is 7.45. The van der Waals surface area contributed by atoms with Gasteiger partial charge in [-0.3, -0.25) is 4.79 Å². The molecule has 2 aromatic rings. The molecule has 0 bridgehead atoms. The van der Waals surface area contributed by atoms with Gasteiger partial charge in [-0.25, -0.2) is 4.68 Å². The van der Waals surface area contributed by atoms with E-state index in [0.717, 1.165) is 16.6 Å². The fourth-order valence-corrected chi connectivity index (χ4v) is 2.87. The molecular formula is C17H24BrClN4O. The molecule has 7 heteroatoms. The largest absolute Gasteiger partial charge is 0.346 e. The first-order chi connectivity index (χ1) is 10.8. The number of hydrogen-bond acceptors (Lipinski definition) is 3. The number of amides is 1. The van der Waals surface area contributed by atoms with E-state index in [-0.39, 0.29) is 18.3 Å². The summed E-state index contributed by atoms with van der Waals surface area (Å²) in [6.45, 7) is 6.61. The van der Waals surface area contributed by atoms with Gasteiger partial charge in [0, 0.05) is 22.8 Å². The number of rotatable bonds is 6. The second-order valence-electron chi connectivity index (χ2n) is 6.47. The molecule has 24 heavy (non-hydrogen) atoms. The molecule has 0 aliphatic rings. The van der Waals surface area contributed by atoms with Gasteiger partial charge in [0.1, 0.15) is 0 Å². The van der Waals surface area contributed by atoms with Gasteiger partial charge >= 0.3 is 0 Å². The summed E-state index contributed by atoms with van der Waals surface area (Å²) in [6.07, 6.45) is 4.13. The van der Waals surface area contributed by atoms with Gasteiger partial charge in [-0.2, -0.15) is 5.10 Å². The van der Waals surface area contributed by atoms with Crippen LogP contribution in [0.5, 0.6) is 0 Å². The van der Waals surface area contributed by atoms with Crippen molar-refractivity contribution >= 4 is 34.2 Å². The Hall–Kier alpha value is -1.37. The molecule has 132 valence electrons. The van der Waals surface area contributed by atoms with Crippen molar-refractivity contribution in [3.05, 3.63) is 46.7 Å². The van der Waals surface area contributed by atoms with Gasteiger partial charge in [-0.05, 0) is 43.5 Å². The van der Waals surface area contributed by atoms with E-state index in [1.165, 1.54) is 0 Å². The van der Waals surface area contributed by atoms with Crippen LogP contribution in [0.2, 0.25) is 0 Å². The Morgan fingerprint density at radius 1 is 1.38 bits per heavy atom. The second kappa shape index (κ2) is 8.65. The van der Waals surface area contributed by atoms with Crippen LogP contribution in [0.1, 0.15) is 37.6 Å². The van der Waals surface area contributed by atoms with Crippen molar-refractivity contribution in [3.63, 3.8) is 0 Å². The molecule has 0 aliphatic heterocycles. The van der Waals surface area contributed by atoms with Gasteiger partial charge in [0.25, 0.3) is 5.91 Å². The molecule has 1 amide bonds. The van der Waals surface area contributed by atoms with Crippen LogP contribution >= 0.6 is 28.3 Å². The van der Waals surface area contributed by atoms with Crippen molar-refractivity contribution in [1.29, 1.82) is 0 Å². The lowest BCUT2D eigenvalue weighted by molar-refractivity contribution is 0.0898. The highest BCUT2D eigenvalue weighted by molar-refractivity contribution is 9.10. The van der Waals surface area contributed by atoms with Crippen molar-refractivity contribution in [1.82, 2.24) is 15.1 Å². The smallest absolute Gasteiger partial charge is 0.254 e. The number of carbonyl (C=O) groups excluding carboxylic acids is 1. The molecular weight excluding hydrogens is 392 g/mol. The first-order valence-corrected chi connectivity index (χ1v) is 8.45. The molecule has 0 radical (unpaired) electrons. The molecule has 1 aromatic carbocycles. The second-order valence-corrected chi connectivity index (χ2v) is 7.38. The molecule has 1 atom stereocenters. The van der Waals surface area contributed by atoms with Crippen LogP contribution in [0.15, 0.2) is 41.1 Å². The Labute approximate surface area is 157 Å². The molecule has 0 fully saturated rings. The number of halogens is 2. The molecule has 5 nitrogen and oxygen atoms in total. The van der Waals surface area contributed by atoms with Gasteiger partial charge in [0.05, 0.1) is 17.4 Å². The maximum atomic E-state index is 12.5. The molecule has 0 saturated heterocycles. The SMILES string of the molecule is CC(C)CC(C)(CN)NC(=O)c1cnn(-c2ccc(Br)cc2)c1.Cl. The lowest BCUT2D eigenvalue weighted by atomic mass is 9.90. The topological polar surface area (TPSA) is 72.9 Å². The Morgan fingerprint density at radius 3 is 2.54 bits per heavy atom. The average Bonchev–Trinajstić information content (AvgIpc) is 2.97.